The van der Waals surface area contributed by atoms with E-state index in [1.54, 1.807) is 0 Å². The van der Waals surface area contributed by atoms with Gasteiger partial charge in [0.1, 0.15) is 0 Å². The monoisotopic (exact) mass is 698 g/mol. The van der Waals surface area contributed by atoms with Crippen LogP contribution >= 0.6 is 0 Å². The fourth-order valence-corrected chi connectivity index (χ4v) is 9.24. The SMILES string of the molecule is N#Cc1cc(-n2c3ccccc3c3ccccc32)ccc1-c1ccc(-n2c3ccccc3c3c4c(ccc32)-c2ccccc2C4c2ccccc2)cc1C#N. The summed E-state index contributed by atoms with van der Waals surface area (Å²) in [7, 11) is 0. The normalized spacial score (nSPS) is 13.2. The molecule has 2 heterocycles. The Morgan fingerprint density at radius 3 is 1.51 bits per heavy atom. The Morgan fingerprint density at radius 2 is 0.891 bits per heavy atom. The topological polar surface area (TPSA) is 57.4 Å². The fraction of sp³-hybridized carbons (Fsp3) is 0.0196. The number of hydrogen-bond donors (Lipinski definition) is 0. The van der Waals surface area contributed by atoms with Crippen molar-refractivity contribution in [3.05, 3.63) is 204 Å². The van der Waals surface area contributed by atoms with E-state index < -0.39 is 0 Å². The summed E-state index contributed by atoms with van der Waals surface area (Å²) < 4.78 is 4.50. The van der Waals surface area contributed by atoms with Crippen LogP contribution in [0.2, 0.25) is 0 Å². The van der Waals surface area contributed by atoms with E-state index in [1.165, 1.54) is 38.6 Å². The molecule has 55 heavy (non-hydrogen) atoms. The molecule has 10 aromatic rings. The van der Waals surface area contributed by atoms with E-state index in [0.717, 1.165) is 55.3 Å². The maximum atomic E-state index is 10.7. The zero-order chi connectivity index (χ0) is 36.6. The molecule has 1 atom stereocenters. The van der Waals surface area contributed by atoms with Crippen LogP contribution in [0.15, 0.2) is 176 Å². The van der Waals surface area contributed by atoms with Crippen LogP contribution in [-0.4, -0.2) is 9.13 Å². The van der Waals surface area contributed by atoms with Gasteiger partial charge >= 0.3 is 0 Å². The summed E-state index contributed by atoms with van der Waals surface area (Å²) in [5.41, 5.74) is 15.1. The van der Waals surface area contributed by atoms with E-state index in [9.17, 15) is 10.5 Å². The summed E-state index contributed by atoms with van der Waals surface area (Å²) in [5, 5.41) is 25.9. The van der Waals surface area contributed by atoms with Crippen molar-refractivity contribution in [2.75, 3.05) is 0 Å². The Kier molecular flexibility index (Phi) is 6.71. The van der Waals surface area contributed by atoms with Crippen LogP contribution in [0, 0.1) is 22.7 Å². The molecule has 0 aliphatic heterocycles. The van der Waals surface area contributed by atoms with E-state index in [4.69, 9.17) is 0 Å². The summed E-state index contributed by atoms with van der Waals surface area (Å²) in [6.45, 7) is 0. The van der Waals surface area contributed by atoms with Crippen LogP contribution < -0.4 is 0 Å². The summed E-state index contributed by atoms with van der Waals surface area (Å²) >= 11 is 0. The lowest BCUT2D eigenvalue weighted by Crippen LogP contribution is -2.00. The molecule has 0 radical (unpaired) electrons. The van der Waals surface area contributed by atoms with Crippen molar-refractivity contribution in [2.24, 2.45) is 0 Å². The number of nitriles is 2. The third kappa shape index (κ3) is 4.43. The molecule has 0 bridgehead atoms. The van der Waals surface area contributed by atoms with Gasteiger partial charge in [-0.2, -0.15) is 10.5 Å². The molecule has 0 spiro atoms. The van der Waals surface area contributed by atoms with Crippen LogP contribution in [0.4, 0.5) is 0 Å². The van der Waals surface area contributed by atoms with Gasteiger partial charge in [-0.25, -0.2) is 0 Å². The third-order valence-corrected chi connectivity index (χ3v) is 11.5. The highest BCUT2D eigenvalue weighted by atomic mass is 15.0. The van der Waals surface area contributed by atoms with Crippen LogP contribution in [-0.2, 0) is 0 Å². The van der Waals surface area contributed by atoms with Gasteiger partial charge in [0, 0.05) is 50.0 Å². The predicted octanol–water partition coefficient (Wildman–Crippen LogP) is 12.5. The molecule has 8 aromatic carbocycles. The molecule has 1 aliphatic carbocycles. The maximum absolute atomic E-state index is 10.7. The molecular weight excluding hydrogens is 669 g/mol. The molecule has 0 amide bonds. The van der Waals surface area contributed by atoms with Gasteiger partial charge in [0.25, 0.3) is 0 Å². The van der Waals surface area contributed by atoms with Gasteiger partial charge in [-0.1, -0.05) is 127 Å². The van der Waals surface area contributed by atoms with E-state index in [2.05, 4.69) is 161 Å². The molecule has 4 nitrogen and oxygen atoms in total. The predicted molar refractivity (Wildman–Crippen MR) is 223 cm³/mol. The van der Waals surface area contributed by atoms with Gasteiger partial charge in [0.05, 0.1) is 45.3 Å². The third-order valence-electron chi connectivity index (χ3n) is 11.5. The number of fused-ring (bicyclic) bond motifs is 10. The average Bonchev–Trinajstić information content (AvgIpc) is 3.89. The second-order valence-electron chi connectivity index (χ2n) is 14.3. The summed E-state index contributed by atoms with van der Waals surface area (Å²) in [6.07, 6.45) is 0. The molecule has 0 saturated heterocycles. The molecule has 4 heteroatoms. The Hall–Kier alpha value is -7.66. The summed E-state index contributed by atoms with van der Waals surface area (Å²) in [4.78, 5) is 0. The lowest BCUT2D eigenvalue weighted by Gasteiger charge is -2.16. The molecule has 0 N–H and O–H groups in total. The Labute approximate surface area is 317 Å². The minimum absolute atomic E-state index is 0.0993. The number of aromatic nitrogens is 2. The first-order valence-electron chi connectivity index (χ1n) is 18.5. The van der Waals surface area contributed by atoms with Crippen molar-refractivity contribution >= 4 is 43.6 Å². The van der Waals surface area contributed by atoms with E-state index >= 15 is 0 Å². The van der Waals surface area contributed by atoms with Crippen molar-refractivity contribution in [2.45, 2.75) is 5.92 Å². The number of nitrogens with zero attached hydrogens (tertiary/aromatic N) is 4. The van der Waals surface area contributed by atoms with Crippen molar-refractivity contribution in [3.8, 4) is 45.8 Å². The fourth-order valence-electron chi connectivity index (χ4n) is 9.24. The lowest BCUT2D eigenvalue weighted by atomic mass is 9.87. The van der Waals surface area contributed by atoms with Gasteiger partial charge in [0.15, 0.2) is 0 Å². The molecule has 11 rings (SSSR count). The minimum Gasteiger partial charge on any atom is -0.309 e. The largest absolute Gasteiger partial charge is 0.309 e. The average molecular weight is 699 g/mol. The van der Waals surface area contributed by atoms with Crippen LogP contribution in [0.3, 0.4) is 0 Å². The Balaban J connectivity index is 1.08. The summed E-state index contributed by atoms with van der Waals surface area (Å²) in [6, 6.07) is 66.4. The molecular formula is C51H30N4. The smallest absolute Gasteiger partial charge is 0.0998 e. The van der Waals surface area contributed by atoms with Crippen LogP contribution in [0.5, 0.6) is 0 Å². The zero-order valence-corrected chi connectivity index (χ0v) is 29.6. The molecule has 1 aliphatic rings. The van der Waals surface area contributed by atoms with Crippen LogP contribution in [0.1, 0.15) is 33.7 Å². The first kappa shape index (κ1) is 30.9. The van der Waals surface area contributed by atoms with Gasteiger partial charge < -0.3 is 9.13 Å². The first-order valence-corrected chi connectivity index (χ1v) is 18.5. The van der Waals surface area contributed by atoms with E-state index in [1.807, 2.05) is 36.4 Å². The zero-order valence-electron chi connectivity index (χ0n) is 29.6. The second-order valence-corrected chi connectivity index (χ2v) is 14.3. The molecule has 0 fully saturated rings. The van der Waals surface area contributed by atoms with Crippen molar-refractivity contribution in [3.63, 3.8) is 0 Å². The van der Waals surface area contributed by atoms with Crippen molar-refractivity contribution < 1.29 is 0 Å². The quantitative estimate of drug-likeness (QED) is 0.184. The summed E-state index contributed by atoms with van der Waals surface area (Å²) in [5.74, 6) is 0.0993. The highest BCUT2D eigenvalue weighted by molar-refractivity contribution is 6.14. The Bertz CT molecular complexity index is 3240. The first-order chi connectivity index (χ1) is 27.2. The molecule has 254 valence electrons. The number of benzene rings is 8. The van der Waals surface area contributed by atoms with Gasteiger partial charge in [0.2, 0.25) is 0 Å². The van der Waals surface area contributed by atoms with E-state index in [-0.39, 0.29) is 5.92 Å². The van der Waals surface area contributed by atoms with Crippen molar-refractivity contribution in [1.82, 2.24) is 9.13 Å². The molecule has 2 aromatic heterocycles. The highest BCUT2D eigenvalue weighted by Gasteiger charge is 2.33. The molecule has 0 saturated carbocycles. The minimum atomic E-state index is 0.0993. The standard InChI is InChI=1S/C51H30N4/c52-30-33-28-35(54-45-19-9-6-15-40(45)41-16-7-10-20-46(41)54)22-24-37(33)38-25-23-36(29-34(38)31-53)55-47-21-11-8-18-44(47)50-48(55)27-26-43-39-14-4-5-17-42(39)49(51(43)50)32-12-2-1-3-13-32/h1-29,49H. The van der Waals surface area contributed by atoms with Crippen LogP contribution in [0.25, 0.3) is 77.2 Å². The lowest BCUT2D eigenvalue weighted by molar-refractivity contribution is 1.03. The second kappa shape index (κ2) is 11.9. The Morgan fingerprint density at radius 1 is 0.400 bits per heavy atom. The van der Waals surface area contributed by atoms with E-state index in [0.29, 0.717) is 11.1 Å². The van der Waals surface area contributed by atoms with Crippen molar-refractivity contribution in [1.29, 1.82) is 10.5 Å². The maximum Gasteiger partial charge on any atom is 0.0998 e. The number of para-hydroxylation sites is 3. The highest BCUT2D eigenvalue weighted by Crippen LogP contribution is 2.52. The molecule has 1 unspecified atom stereocenters. The van der Waals surface area contributed by atoms with Gasteiger partial charge in [-0.05, 0) is 76.3 Å². The number of rotatable bonds is 4. The number of hydrogen-bond acceptors (Lipinski definition) is 2. The van der Waals surface area contributed by atoms with Gasteiger partial charge in [-0.3, -0.25) is 0 Å². The van der Waals surface area contributed by atoms with Gasteiger partial charge in [-0.15, -0.1) is 0 Å².